The highest BCUT2D eigenvalue weighted by Gasteiger charge is 2.07. The zero-order valence-corrected chi connectivity index (χ0v) is 11.3. The summed E-state index contributed by atoms with van der Waals surface area (Å²) < 4.78 is 5.23. The van der Waals surface area contributed by atoms with E-state index < -0.39 is 0 Å². The van der Waals surface area contributed by atoms with Crippen molar-refractivity contribution in [1.82, 2.24) is 4.98 Å². The van der Waals surface area contributed by atoms with Crippen LogP contribution >= 0.6 is 0 Å². The summed E-state index contributed by atoms with van der Waals surface area (Å²) in [5.41, 5.74) is 2.68. The maximum absolute atomic E-state index is 9.74. The molecular weight excluding hydrogens is 254 g/mol. The Morgan fingerprint density at radius 1 is 1.35 bits per heavy atom. The molecule has 0 unspecified atom stereocenters. The first kappa shape index (κ1) is 13.7. The second-order valence-corrected chi connectivity index (χ2v) is 4.30. The molecule has 1 aromatic heterocycles. The Kier molecular flexibility index (Phi) is 4.06. The highest BCUT2D eigenvalue weighted by Crippen LogP contribution is 2.26. The smallest absolute Gasteiger partial charge is 0.143 e. The van der Waals surface area contributed by atoms with Crippen LogP contribution in [0, 0.1) is 18.3 Å². The number of hydrogen-bond donors (Lipinski definition) is 2. The van der Waals surface area contributed by atoms with Crippen LogP contribution in [0.1, 0.15) is 17.0 Å². The van der Waals surface area contributed by atoms with Crippen LogP contribution in [0.3, 0.4) is 0 Å². The minimum atomic E-state index is 0.149. The molecule has 0 spiro atoms. The quantitative estimate of drug-likeness (QED) is 0.892. The number of anilines is 1. The van der Waals surface area contributed by atoms with Crippen molar-refractivity contribution in [3.05, 3.63) is 47.3 Å². The third-order valence-electron chi connectivity index (χ3n) is 2.87. The van der Waals surface area contributed by atoms with Gasteiger partial charge in [0.15, 0.2) is 0 Å². The maximum Gasteiger partial charge on any atom is 0.143 e. The van der Waals surface area contributed by atoms with Crippen LogP contribution in [-0.2, 0) is 6.54 Å². The normalized spacial score (nSPS) is 9.85. The van der Waals surface area contributed by atoms with Crippen LogP contribution in [0.4, 0.5) is 5.69 Å². The maximum atomic E-state index is 9.74. The molecule has 0 atom stereocenters. The summed E-state index contributed by atoms with van der Waals surface area (Å²) in [6.45, 7) is 2.24. The van der Waals surface area contributed by atoms with E-state index in [2.05, 4.69) is 16.4 Å². The van der Waals surface area contributed by atoms with E-state index in [1.54, 1.807) is 37.4 Å². The first-order valence-electron chi connectivity index (χ1n) is 6.11. The van der Waals surface area contributed by atoms with Crippen molar-refractivity contribution in [3.63, 3.8) is 0 Å². The fourth-order valence-corrected chi connectivity index (χ4v) is 1.82. The highest BCUT2D eigenvalue weighted by atomic mass is 16.5. The average molecular weight is 269 g/mol. The van der Waals surface area contributed by atoms with E-state index in [1.165, 1.54) is 0 Å². The van der Waals surface area contributed by atoms with E-state index in [0.29, 0.717) is 23.6 Å². The van der Waals surface area contributed by atoms with Gasteiger partial charge in [-0.25, -0.2) is 0 Å². The lowest BCUT2D eigenvalue weighted by atomic mass is 10.2. The monoisotopic (exact) mass is 269 g/mol. The number of hydrogen-bond acceptors (Lipinski definition) is 5. The van der Waals surface area contributed by atoms with Gasteiger partial charge in [0.25, 0.3) is 0 Å². The Morgan fingerprint density at radius 2 is 2.15 bits per heavy atom. The minimum absolute atomic E-state index is 0.149. The Labute approximate surface area is 117 Å². The lowest BCUT2D eigenvalue weighted by molar-refractivity contribution is 0.416. The molecule has 0 saturated carbocycles. The molecule has 1 heterocycles. The summed E-state index contributed by atoms with van der Waals surface area (Å²) in [6, 6.07) is 10.6. The number of nitriles is 1. The average Bonchev–Trinajstić information content (AvgIpc) is 2.48. The predicted octanol–water partition coefficient (Wildman–Crippen LogP) is 2.59. The highest BCUT2D eigenvalue weighted by molar-refractivity contribution is 5.59. The van der Waals surface area contributed by atoms with Crippen molar-refractivity contribution in [2.45, 2.75) is 13.5 Å². The Bertz CT molecular complexity index is 663. The number of aromatic nitrogens is 1. The molecule has 5 nitrogen and oxygen atoms in total. The van der Waals surface area contributed by atoms with E-state index >= 15 is 0 Å². The van der Waals surface area contributed by atoms with Crippen molar-refractivity contribution in [2.24, 2.45) is 0 Å². The number of benzene rings is 1. The number of methoxy groups -OCH3 is 1. The summed E-state index contributed by atoms with van der Waals surface area (Å²) >= 11 is 0. The predicted molar refractivity (Wildman–Crippen MR) is 75.7 cm³/mol. The number of rotatable bonds is 4. The molecule has 0 aliphatic rings. The standard InChI is InChI=1S/C15H15N3O2/c1-10-3-6-14(19)13(18-10)9-17-12-5-4-11(8-16)7-15(12)20-2/h3-7,17,19H,9H2,1-2H3. The minimum Gasteiger partial charge on any atom is -0.506 e. The molecule has 0 bridgehead atoms. The fourth-order valence-electron chi connectivity index (χ4n) is 1.82. The number of aromatic hydroxyl groups is 1. The van der Waals surface area contributed by atoms with Gasteiger partial charge in [-0.1, -0.05) is 0 Å². The van der Waals surface area contributed by atoms with Gasteiger partial charge in [-0.3, -0.25) is 4.98 Å². The van der Waals surface area contributed by atoms with Gasteiger partial charge < -0.3 is 15.2 Å². The van der Waals surface area contributed by atoms with Gasteiger partial charge in [-0.15, -0.1) is 0 Å². The molecule has 2 N–H and O–H groups in total. The largest absolute Gasteiger partial charge is 0.506 e. The molecule has 0 aliphatic carbocycles. The van der Waals surface area contributed by atoms with Gasteiger partial charge in [0.05, 0.1) is 31.0 Å². The molecular formula is C15H15N3O2. The number of pyridine rings is 1. The van der Waals surface area contributed by atoms with Crippen molar-refractivity contribution >= 4 is 5.69 Å². The van der Waals surface area contributed by atoms with E-state index in [4.69, 9.17) is 10.00 Å². The van der Waals surface area contributed by atoms with Crippen molar-refractivity contribution in [1.29, 1.82) is 5.26 Å². The van der Waals surface area contributed by atoms with Gasteiger partial charge in [0.2, 0.25) is 0 Å². The summed E-state index contributed by atoms with van der Waals surface area (Å²) in [5.74, 6) is 0.729. The lowest BCUT2D eigenvalue weighted by Crippen LogP contribution is -2.04. The van der Waals surface area contributed by atoms with Crippen LogP contribution in [0.25, 0.3) is 0 Å². The molecule has 5 heteroatoms. The summed E-state index contributed by atoms with van der Waals surface area (Å²) in [5, 5.41) is 21.7. The van der Waals surface area contributed by atoms with E-state index in [9.17, 15) is 5.11 Å². The molecule has 0 aliphatic heterocycles. The number of nitrogens with one attached hydrogen (secondary N) is 1. The molecule has 0 radical (unpaired) electrons. The van der Waals surface area contributed by atoms with Crippen LogP contribution in [0.2, 0.25) is 0 Å². The first-order valence-corrected chi connectivity index (χ1v) is 6.11. The summed E-state index contributed by atoms with van der Waals surface area (Å²) in [7, 11) is 1.55. The van der Waals surface area contributed by atoms with Crippen molar-refractivity contribution in [3.8, 4) is 17.6 Å². The van der Waals surface area contributed by atoms with E-state index in [0.717, 1.165) is 11.4 Å². The van der Waals surface area contributed by atoms with Crippen LogP contribution < -0.4 is 10.1 Å². The van der Waals surface area contributed by atoms with Gasteiger partial charge in [-0.05, 0) is 31.2 Å². The molecule has 1 aromatic carbocycles. The fraction of sp³-hybridized carbons (Fsp3) is 0.200. The second kappa shape index (κ2) is 5.93. The van der Waals surface area contributed by atoms with Crippen LogP contribution in [0.5, 0.6) is 11.5 Å². The van der Waals surface area contributed by atoms with E-state index in [1.807, 2.05) is 6.92 Å². The van der Waals surface area contributed by atoms with Gasteiger partial charge in [0.1, 0.15) is 17.2 Å². The molecule has 20 heavy (non-hydrogen) atoms. The summed E-state index contributed by atoms with van der Waals surface area (Å²) in [4.78, 5) is 4.27. The topological polar surface area (TPSA) is 78.2 Å². The molecule has 0 saturated heterocycles. The zero-order chi connectivity index (χ0) is 14.5. The number of ether oxygens (including phenoxy) is 1. The Balaban J connectivity index is 2.19. The van der Waals surface area contributed by atoms with Crippen molar-refractivity contribution < 1.29 is 9.84 Å². The van der Waals surface area contributed by atoms with Crippen molar-refractivity contribution in [2.75, 3.05) is 12.4 Å². The molecule has 102 valence electrons. The Hall–Kier alpha value is -2.74. The first-order chi connectivity index (χ1) is 9.63. The zero-order valence-electron chi connectivity index (χ0n) is 11.3. The van der Waals surface area contributed by atoms with Crippen LogP contribution in [0.15, 0.2) is 30.3 Å². The molecule has 2 aromatic rings. The lowest BCUT2D eigenvalue weighted by Gasteiger charge is -2.12. The third kappa shape index (κ3) is 2.98. The van der Waals surface area contributed by atoms with Crippen LogP contribution in [-0.4, -0.2) is 17.2 Å². The number of aryl methyl sites for hydroxylation is 1. The van der Waals surface area contributed by atoms with Gasteiger partial charge in [0, 0.05) is 11.8 Å². The number of nitrogens with zero attached hydrogens (tertiary/aromatic N) is 2. The molecule has 0 fully saturated rings. The molecule has 2 rings (SSSR count). The second-order valence-electron chi connectivity index (χ2n) is 4.30. The van der Waals surface area contributed by atoms with Gasteiger partial charge in [-0.2, -0.15) is 5.26 Å². The van der Waals surface area contributed by atoms with E-state index in [-0.39, 0.29) is 5.75 Å². The van der Waals surface area contributed by atoms with Gasteiger partial charge >= 0.3 is 0 Å². The summed E-state index contributed by atoms with van der Waals surface area (Å²) in [6.07, 6.45) is 0. The Morgan fingerprint density at radius 3 is 2.85 bits per heavy atom. The third-order valence-corrected chi connectivity index (χ3v) is 2.87. The molecule has 0 amide bonds. The SMILES string of the molecule is COc1cc(C#N)ccc1NCc1nc(C)ccc1O.